The molecule has 1 heterocycles. The van der Waals surface area contributed by atoms with Crippen LogP contribution in [-0.4, -0.2) is 4.57 Å². The molecule has 1 atom stereocenters. The maximum absolute atomic E-state index is 5.68. The number of imidazole rings is 1. The highest BCUT2D eigenvalue weighted by molar-refractivity contribution is 4.81. The van der Waals surface area contributed by atoms with E-state index in [1.54, 1.807) is 0 Å². The molecule has 3 nitrogen and oxygen atoms in total. The SMILES string of the molecule is Cc1n(C(C)N)cc[n+]1C. The molecule has 1 aromatic heterocycles. The summed E-state index contributed by atoms with van der Waals surface area (Å²) in [6.45, 7) is 4.01. The van der Waals surface area contributed by atoms with Gasteiger partial charge in [-0.05, 0) is 6.92 Å². The molecule has 0 bridgehead atoms. The van der Waals surface area contributed by atoms with Gasteiger partial charge in [-0.3, -0.25) is 5.73 Å². The average Bonchev–Trinajstić information content (AvgIpc) is 2.14. The maximum atomic E-state index is 5.68. The number of nitrogens with zero attached hydrogens (tertiary/aromatic N) is 2. The Morgan fingerprint density at radius 3 is 2.50 bits per heavy atom. The Bertz CT molecular complexity index is 225. The van der Waals surface area contributed by atoms with E-state index in [1.807, 2.05) is 42.4 Å². The Hall–Kier alpha value is -0.830. The van der Waals surface area contributed by atoms with Crippen molar-refractivity contribution in [2.45, 2.75) is 20.0 Å². The van der Waals surface area contributed by atoms with Crippen LogP contribution < -0.4 is 10.3 Å². The van der Waals surface area contributed by atoms with Crippen molar-refractivity contribution in [2.75, 3.05) is 0 Å². The van der Waals surface area contributed by atoms with Gasteiger partial charge in [0.05, 0.1) is 7.05 Å². The summed E-state index contributed by atoms with van der Waals surface area (Å²) in [4.78, 5) is 0. The van der Waals surface area contributed by atoms with Gasteiger partial charge in [0.1, 0.15) is 18.6 Å². The third-order valence-electron chi connectivity index (χ3n) is 1.77. The Morgan fingerprint density at radius 1 is 1.70 bits per heavy atom. The maximum Gasteiger partial charge on any atom is 0.254 e. The second-order valence-electron chi connectivity index (χ2n) is 2.60. The van der Waals surface area contributed by atoms with Crippen LogP contribution in [0, 0.1) is 6.92 Å². The highest BCUT2D eigenvalue weighted by Gasteiger charge is 2.10. The lowest BCUT2D eigenvalue weighted by Gasteiger charge is -2.00. The van der Waals surface area contributed by atoms with E-state index in [0.717, 1.165) is 0 Å². The van der Waals surface area contributed by atoms with Crippen molar-refractivity contribution in [2.24, 2.45) is 12.8 Å². The molecular formula is C7H14N3+. The van der Waals surface area contributed by atoms with Gasteiger partial charge in [-0.25, -0.2) is 9.13 Å². The summed E-state index contributed by atoms with van der Waals surface area (Å²) in [5, 5.41) is 0. The second kappa shape index (κ2) is 2.42. The number of hydrogen-bond acceptors (Lipinski definition) is 1. The molecule has 1 rings (SSSR count). The van der Waals surface area contributed by atoms with Crippen molar-refractivity contribution in [3.05, 3.63) is 18.2 Å². The van der Waals surface area contributed by atoms with Crippen LogP contribution in [0.3, 0.4) is 0 Å². The molecule has 0 aromatic carbocycles. The fourth-order valence-electron chi connectivity index (χ4n) is 1.00. The van der Waals surface area contributed by atoms with Gasteiger partial charge in [-0.15, -0.1) is 0 Å². The molecule has 1 aromatic rings. The van der Waals surface area contributed by atoms with Crippen molar-refractivity contribution in [3.63, 3.8) is 0 Å². The van der Waals surface area contributed by atoms with Gasteiger partial charge < -0.3 is 0 Å². The van der Waals surface area contributed by atoms with Crippen molar-refractivity contribution >= 4 is 0 Å². The van der Waals surface area contributed by atoms with Crippen LogP contribution >= 0.6 is 0 Å². The molecule has 0 aliphatic carbocycles. The first-order valence-electron chi connectivity index (χ1n) is 3.41. The Balaban J connectivity index is 3.05. The summed E-state index contributed by atoms with van der Waals surface area (Å²) in [6, 6.07) is 0. The van der Waals surface area contributed by atoms with Gasteiger partial charge in [0, 0.05) is 6.92 Å². The molecule has 0 radical (unpaired) electrons. The van der Waals surface area contributed by atoms with Gasteiger partial charge in [0.15, 0.2) is 0 Å². The van der Waals surface area contributed by atoms with E-state index < -0.39 is 0 Å². The van der Waals surface area contributed by atoms with Gasteiger partial charge in [-0.1, -0.05) is 0 Å². The van der Waals surface area contributed by atoms with Crippen molar-refractivity contribution in [3.8, 4) is 0 Å². The Labute approximate surface area is 61.1 Å². The molecule has 0 aliphatic heterocycles. The third-order valence-corrected chi connectivity index (χ3v) is 1.77. The van der Waals surface area contributed by atoms with E-state index in [0.29, 0.717) is 0 Å². The molecule has 0 amide bonds. The average molecular weight is 140 g/mol. The number of rotatable bonds is 1. The minimum Gasteiger partial charge on any atom is -0.293 e. The molecule has 2 N–H and O–H groups in total. The zero-order valence-corrected chi connectivity index (χ0v) is 6.70. The van der Waals surface area contributed by atoms with E-state index in [-0.39, 0.29) is 6.17 Å². The lowest BCUT2D eigenvalue weighted by molar-refractivity contribution is -0.677. The summed E-state index contributed by atoms with van der Waals surface area (Å²) in [5.41, 5.74) is 5.68. The molecule has 3 heteroatoms. The summed E-state index contributed by atoms with van der Waals surface area (Å²) < 4.78 is 4.07. The van der Waals surface area contributed by atoms with E-state index in [1.165, 1.54) is 5.82 Å². The number of aromatic nitrogens is 2. The first-order valence-corrected chi connectivity index (χ1v) is 3.41. The van der Waals surface area contributed by atoms with Crippen LogP contribution in [0.25, 0.3) is 0 Å². The first kappa shape index (κ1) is 7.28. The number of nitrogens with two attached hydrogens (primary N) is 1. The molecule has 1 unspecified atom stereocenters. The van der Waals surface area contributed by atoms with Crippen molar-refractivity contribution in [1.29, 1.82) is 0 Å². The van der Waals surface area contributed by atoms with Crippen LogP contribution in [0.2, 0.25) is 0 Å². The largest absolute Gasteiger partial charge is 0.293 e. The molecule has 0 saturated carbocycles. The summed E-state index contributed by atoms with van der Waals surface area (Å²) in [5.74, 6) is 1.18. The van der Waals surface area contributed by atoms with Crippen LogP contribution in [0.5, 0.6) is 0 Å². The quantitative estimate of drug-likeness (QED) is 0.552. The van der Waals surface area contributed by atoms with E-state index in [4.69, 9.17) is 5.73 Å². The molecule has 0 aliphatic rings. The van der Waals surface area contributed by atoms with Crippen LogP contribution in [0.15, 0.2) is 12.4 Å². The van der Waals surface area contributed by atoms with Gasteiger partial charge in [0.25, 0.3) is 5.82 Å². The molecule has 10 heavy (non-hydrogen) atoms. The smallest absolute Gasteiger partial charge is 0.254 e. The zero-order chi connectivity index (χ0) is 7.72. The predicted molar refractivity (Wildman–Crippen MR) is 39.2 cm³/mol. The third kappa shape index (κ3) is 1.04. The molecule has 0 fully saturated rings. The Kier molecular flexibility index (Phi) is 1.76. The minimum atomic E-state index is 0.0706. The molecular weight excluding hydrogens is 126 g/mol. The summed E-state index contributed by atoms with van der Waals surface area (Å²) in [7, 11) is 2.01. The molecule has 56 valence electrons. The predicted octanol–water partition coefficient (Wildman–Crippen LogP) is 0.0982. The number of aryl methyl sites for hydroxylation is 1. The standard InChI is InChI=1S/C7H14N3/c1-6(8)10-5-4-9(3)7(10)2/h4-6H,8H2,1-3H3/q+1. The minimum absolute atomic E-state index is 0.0706. The lowest BCUT2D eigenvalue weighted by atomic mass is 10.5. The molecule has 0 spiro atoms. The highest BCUT2D eigenvalue weighted by atomic mass is 15.2. The monoisotopic (exact) mass is 140 g/mol. The van der Waals surface area contributed by atoms with Gasteiger partial charge >= 0.3 is 0 Å². The van der Waals surface area contributed by atoms with Crippen LogP contribution in [0.4, 0.5) is 0 Å². The number of hydrogen-bond donors (Lipinski definition) is 1. The first-order chi connectivity index (χ1) is 4.63. The highest BCUT2D eigenvalue weighted by Crippen LogP contribution is 1.98. The van der Waals surface area contributed by atoms with E-state index in [2.05, 4.69) is 0 Å². The fourth-order valence-corrected chi connectivity index (χ4v) is 1.00. The molecule has 0 saturated heterocycles. The lowest BCUT2D eigenvalue weighted by Crippen LogP contribution is -2.31. The Morgan fingerprint density at radius 2 is 2.30 bits per heavy atom. The van der Waals surface area contributed by atoms with Gasteiger partial charge in [0.2, 0.25) is 0 Å². The summed E-state index contributed by atoms with van der Waals surface area (Å²) in [6.07, 6.45) is 4.06. The topological polar surface area (TPSA) is 34.8 Å². The normalized spacial score (nSPS) is 13.6. The van der Waals surface area contributed by atoms with Crippen LogP contribution in [0.1, 0.15) is 18.9 Å². The zero-order valence-electron chi connectivity index (χ0n) is 6.70. The van der Waals surface area contributed by atoms with Crippen molar-refractivity contribution in [1.82, 2.24) is 4.57 Å². The van der Waals surface area contributed by atoms with E-state index >= 15 is 0 Å². The van der Waals surface area contributed by atoms with E-state index in [9.17, 15) is 0 Å². The van der Waals surface area contributed by atoms with Crippen LogP contribution in [-0.2, 0) is 7.05 Å². The fraction of sp³-hybridized carbons (Fsp3) is 0.571. The summed E-state index contributed by atoms with van der Waals surface area (Å²) >= 11 is 0. The van der Waals surface area contributed by atoms with Gasteiger partial charge in [-0.2, -0.15) is 0 Å². The van der Waals surface area contributed by atoms with Crippen molar-refractivity contribution < 1.29 is 4.57 Å². The second-order valence-corrected chi connectivity index (χ2v) is 2.60.